The number of carbonyl (C=O) groups excluding carboxylic acids is 1. The second-order valence-corrected chi connectivity index (χ2v) is 15.0. The number of esters is 1. The average Bonchev–Trinajstić information content (AvgIpc) is 2.69. The van der Waals surface area contributed by atoms with E-state index in [-0.39, 0.29) is 29.6 Å². The summed E-state index contributed by atoms with van der Waals surface area (Å²) in [5.41, 5.74) is 0. The maximum Gasteiger partial charge on any atom is 0.308 e. The second-order valence-electron chi connectivity index (χ2n) is 10.3. The van der Waals surface area contributed by atoms with E-state index in [2.05, 4.69) is 53.9 Å². The third-order valence-electron chi connectivity index (χ3n) is 6.37. The van der Waals surface area contributed by atoms with Crippen LogP contribution in [-0.2, 0) is 14.0 Å². The molecule has 0 unspecified atom stereocenters. The predicted octanol–water partition coefficient (Wildman–Crippen LogP) is 7.33. The molecule has 31 heavy (non-hydrogen) atoms. The van der Waals surface area contributed by atoms with Gasteiger partial charge in [0.15, 0.2) is 8.32 Å². The number of hydrogen-bond donors (Lipinski definition) is 1. The lowest BCUT2D eigenvalue weighted by molar-refractivity contribution is -0.151. The Morgan fingerprint density at radius 1 is 0.968 bits per heavy atom. The van der Waals surface area contributed by atoms with Gasteiger partial charge in [-0.25, -0.2) is 0 Å². The minimum Gasteiger partial charge on any atom is -0.462 e. The standard InChI is InChI=1S/C26H50O4Si/c1-9-12-13-14-15-16-17-18-24(20-19-22(27)10-2)29-25(28)21-23(11-3)30-31(7,8)26(4,5)6/h10-11,22-24,27H,2-3,9,12-21H2,1,4-8H3/t22-,23+,24+/m1/s1. The van der Waals surface area contributed by atoms with Gasteiger partial charge in [-0.1, -0.05) is 78.4 Å². The van der Waals surface area contributed by atoms with Crippen LogP contribution in [0.2, 0.25) is 18.1 Å². The fourth-order valence-electron chi connectivity index (χ4n) is 3.19. The molecule has 0 aliphatic carbocycles. The molecule has 0 aliphatic rings. The van der Waals surface area contributed by atoms with Gasteiger partial charge in [0.25, 0.3) is 0 Å². The number of carbonyl (C=O) groups is 1. The lowest BCUT2D eigenvalue weighted by Crippen LogP contribution is -2.44. The van der Waals surface area contributed by atoms with E-state index in [1.54, 1.807) is 6.08 Å². The van der Waals surface area contributed by atoms with Crippen LogP contribution in [0.5, 0.6) is 0 Å². The Kier molecular flexibility index (Phi) is 15.4. The van der Waals surface area contributed by atoms with Crippen molar-refractivity contribution in [3.63, 3.8) is 0 Å². The van der Waals surface area contributed by atoms with Gasteiger partial charge in [0.2, 0.25) is 0 Å². The summed E-state index contributed by atoms with van der Waals surface area (Å²) in [4.78, 5) is 12.7. The Hall–Kier alpha value is -0.913. The Morgan fingerprint density at radius 3 is 2.06 bits per heavy atom. The molecule has 5 heteroatoms. The van der Waals surface area contributed by atoms with Crippen LogP contribution >= 0.6 is 0 Å². The number of ether oxygens (including phenoxy) is 1. The van der Waals surface area contributed by atoms with Crippen LogP contribution in [-0.4, -0.2) is 37.7 Å². The average molecular weight is 455 g/mol. The van der Waals surface area contributed by atoms with Crippen LogP contribution in [0.1, 0.15) is 98.3 Å². The van der Waals surface area contributed by atoms with Crippen molar-refractivity contribution < 1.29 is 19.1 Å². The van der Waals surface area contributed by atoms with E-state index >= 15 is 0 Å². The van der Waals surface area contributed by atoms with Gasteiger partial charge in [0.1, 0.15) is 6.10 Å². The summed E-state index contributed by atoms with van der Waals surface area (Å²) < 4.78 is 12.2. The predicted molar refractivity (Wildman–Crippen MR) is 135 cm³/mol. The molecule has 0 amide bonds. The monoisotopic (exact) mass is 454 g/mol. The minimum absolute atomic E-state index is 0.0681. The molecule has 0 aromatic rings. The van der Waals surface area contributed by atoms with Crippen molar-refractivity contribution in [2.24, 2.45) is 0 Å². The van der Waals surface area contributed by atoms with E-state index in [1.165, 1.54) is 38.2 Å². The molecule has 4 nitrogen and oxygen atoms in total. The lowest BCUT2D eigenvalue weighted by Gasteiger charge is -2.38. The van der Waals surface area contributed by atoms with Crippen molar-refractivity contribution in [1.82, 2.24) is 0 Å². The summed E-state index contributed by atoms with van der Waals surface area (Å²) in [6, 6.07) is 0. The summed E-state index contributed by atoms with van der Waals surface area (Å²) in [5, 5.41) is 9.90. The summed E-state index contributed by atoms with van der Waals surface area (Å²) >= 11 is 0. The zero-order valence-corrected chi connectivity index (χ0v) is 22.3. The Morgan fingerprint density at radius 2 is 1.55 bits per heavy atom. The van der Waals surface area contributed by atoms with Gasteiger partial charge in [-0.2, -0.15) is 0 Å². The van der Waals surface area contributed by atoms with Gasteiger partial charge in [0, 0.05) is 0 Å². The third kappa shape index (κ3) is 14.0. The SMILES string of the molecule is C=C[C@@H](O)CC[C@H](CCCCCCCCC)OC(=O)C[C@H](C=C)O[Si](C)(C)C(C)(C)C. The Balaban J connectivity index is 4.70. The van der Waals surface area contributed by atoms with Crippen LogP contribution in [0, 0.1) is 0 Å². The van der Waals surface area contributed by atoms with E-state index in [4.69, 9.17) is 9.16 Å². The molecule has 3 atom stereocenters. The number of aliphatic hydroxyl groups is 1. The van der Waals surface area contributed by atoms with Crippen LogP contribution in [0.15, 0.2) is 25.3 Å². The zero-order chi connectivity index (χ0) is 23.9. The first-order chi connectivity index (χ1) is 14.5. The summed E-state index contributed by atoms with van der Waals surface area (Å²) in [7, 11) is -1.99. The van der Waals surface area contributed by atoms with E-state index in [9.17, 15) is 9.90 Å². The molecule has 0 heterocycles. The van der Waals surface area contributed by atoms with Crippen molar-refractivity contribution in [2.75, 3.05) is 0 Å². The third-order valence-corrected chi connectivity index (χ3v) is 10.9. The summed E-state index contributed by atoms with van der Waals surface area (Å²) in [6.07, 6.45) is 13.0. The highest BCUT2D eigenvalue weighted by molar-refractivity contribution is 6.74. The fourth-order valence-corrected chi connectivity index (χ4v) is 4.48. The van der Waals surface area contributed by atoms with E-state index in [0.29, 0.717) is 12.8 Å². The van der Waals surface area contributed by atoms with Crippen LogP contribution in [0.25, 0.3) is 0 Å². The van der Waals surface area contributed by atoms with Gasteiger partial charge in [-0.15, -0.1) is 13.2 Å². The molecule has 0 aliphatic heterocycles. The van der Waals surface area contributed by atoms with Crippen molar-refractivity contribution >= 4 is 14.3 Å². The Bertz CT molecular complexity index is 510. The molecule has 0 fully saturated rings. The van der Waals surface area contributed by atoms with Crippen molar-refractivity contribution in [3.8, 4) is 0 Å². The number of unbranched alkanes of at least 4 members (excludes halogenated alkanes) is 6. The molecule has 0 radical (unpaired) electrons. The molecular formula is C26H50O4Si. The summed E-state index contributed by atoms with van der Waals surface area (Å²) in [6.45, 7) is 20.6. The highest BCUT2D eigenvalue weighted by Gasteiger charge is 2.39. The van der Waals surface area contributed by atoms with Gasteiger partial charge < -0.3 is 14.3 Å². The topological polar surface area (TPSA) is 55.8 Å². The van der Waals surface area contributed by atoms with E-state index < -0.39 is 14.4 Å². The molecule has 0 aromatic carbocycles. The molecule has 0 spiro atoms. The number of hydrogen-bond acceptors (Lipinski definition) is 4. The molecule has 0 saturated carbocycles. The first-order valence-electron chi connectivity index (χ1n) is 12.3. The number of aliphatic hydroxyl groups excluding tert-OH is 1. The van der Waals surface area contributed by atoms with Gasteiger partial charge in [-0.05, 0) is 43.8 Å². The van der Waals surface area contributed by atoms with E-state index in [0.717, 1.165) is 19.3 Å². The molecule has 0 bridgehead atoms. The van der Waals surface area contributed by atoms with Gasteiger partial charge in [-0.3, -0.25) is 4.79 Å². The lowest BCUT2D eigenvalue weighted by atomic mass is 10.0. The molecule has 182 valence electrons. The quantitative estimate of drug-likeness (QED) is 0.102. The molecule has 0 rings (SSSR count). The van der Waals surface area contributed by atoms with E-state index in [1.807, 2.05) is 0 Å². The van der Waals surface area contributed by atoms with Crippen molar-refractivity contribution in [3.05, 3.63) is 25.3 Å². The first kappa shape index (κ1) is 30.1. The van der Waals surface area contributed by atoms with Crippen LogP contribution in [0.3, 0.4) is 0 Å². The smallest absolute Gasteiger partial charge is 0.308 e. The molecule has 0 saturated heterocycles. The van der Waals surface area contributed by atoms with Gasteiger partial charge in [0.05, 0.1) is 18.6 Å². The maximum atomic E-state index is 12.7. The maximum absolute atomic E-state index is 12.7. The van der Waals surface area contributed by atoms with Crippen LogP contribution in [0.4, 0.5) is 0 Å². The highest BCUT2D eigenvalue weighted by atomic mass is 28.4. The molecule has 1 N–H and O–H groups in total. The van der Waals surface area contributed by atoms with Gasteiger partial charge >= 0.3 is 5.97 Å². The molecular weight excluding hydrogens is 404 g/mol. The zero-order valence-electron chi connectivity index (χ0n) is 21.3. The van der Waals surface area contributed by atoms with Crippen molar-refractivity contribution in [2.45, 2.75) is 135 Å². The largest absolute Gasteiger partial charge is 0.462 e. The highest BCUT2D eigenvalue weighted by Crippen LogP contribution is 2.37. The minimum atomic E-state index is -1.99. The fraction of sp³-hybridized carbons (Fsp3) is 0.808. The Labute approximate surface area is 193 Å². The normalized spacial score (nSPS) is 15.2. The van der Waals surface area contributed by atoms with Crippen molar-refractivity contribution in [1.29, 1.82) is 0 Å². The first-order valence-corrected chi connectivity index (χ1v) is 15.2. The summed E-state index contributed by atoms with van der Waals surface area (Å²) in [5.74, 6) is -0.246. The second kappa shape index (κ2) is 15.8. The molecule has 0 aromatic heterocycles. The number of rotatable bonds is 18. The van der Waals surface area contributed by atoms with Crippen LogP contribution < -0.4 is 0 Å².